The average Bonchev–Trinajstić information content (AvgIpc) is 2.29. The molecular formula is C13H12O3. The van der Waals surface area contributed by atoms with Crippen molar-refractivity contribution in [2.75, 3.05) is 0 Å². The second-order valence-corrected chi connectivity index (χ2v) is 3.10. The Kier molecular flexibility index (Phi) is 4.73. The van der Waals surface area contributed by atoms with Crippen LogP contribution in [0.4, 0.5) is 0 Å². The molecule has 0 aromatic heterocycles. The minimum Gasteiger partial charge on any atom is -0.392 e. The van der Waals surface area contributed by atoms with Gasteiger partial charge in [-0.15, -0.1) is 6.58 Å². The number of allylic oxidation sites excluding steroid dienone is 1. The zero-order valence-electron chi connectivity index (χ0n) is 8.76. The summed E-state index contributed by atoms with van der Waals surface area (Å²) in [5.74, 6) is -0.676. The average molecular weight is 216 g/mol. The first-order chi connectivity index (χ1) is 7.76. The number of benzene rings is 1. The van der Waals surface area contributed by atoms with Gasteiger partial charge in [0.15, 0.2) is 0 Å². The molecule has 16 heavy (non-hydrogen) atoms. The Labute approximate surface area is 94.0 Å². The third kappa shape index (κ3) is 3.92. The minimum atomic E-state index is -0.676. The highest BCUT2D eigenvalue weighted by Gasteiger charge is 1.94. The SMILES string of the molecule is C=CCc1ccc(C=CC(=O)OC=O)cc1. The first kappa shape index (κ1) is 11.9. The summed E-state index contributed by atoms with van der Waals surface area (Å²) in [5, 5.41) is 0. The number of rotatable bonds is 5. The first-order valence-corrected chi connectivity index (χ1v) is 4.78. The maximum Gasteiger partial charge on any atom is 0.338 e. The molecule has 0 aliphatic heterocycles. The molecule has 0 atom stereocenters. The zero-order valence-corrected chi connectivity index (χ0v) is 8.76. The van der Waals surface area contributed by atoms with Gasteiger partial charge in [-0.2, -0.15) is 0 Å². The Hall–Kier alpha value is -2.16. The predicted molar refractivity (Wildman–Crippen MR) is 61.5 cm³/mol. The fourth-order valence-electron chi connectivity index (χ4n) is 1.18. The number of esters is 1. The number of hydrogen-bond acceptors (Lipinski definition) is 3. The van der Waals surface area contributed by atoms with Crippen molar-refractivity contribution in [3.63, 3.8) is 0 Å². The van der Waals surface area contributed by atoms with Crippen molar-refractivity contribution in [3.05, 3.63) is 54.1 Å². The largest absolute Gasteiger partial charge is 0.392 e. The summed E-state index contributed by atoms with van der Waals surface area (Å²) in [5.41, 5.74) is 2.03. The predicted octanol–water partition coefficient (Wildman–Crippen LogP) is 2.13. The molecule has 0 saturated heterocycles. The lowest BCUT2D eigenvalue weighted by Gasteiger charge is -1.97. The van der Waals surface area contributed by atoms with Gasteiger partial charge in [-0.05, 0) is 23.6 Å². The summed E-state index contributed by atoms with van der Waals surface area (Å²) in [6.45, 7) is 3.76. The van der Waals surface area contributed by atoms with Crippen LogP contribution in [-0.4, -0.2) is 12.4 Å². The molecule has 1 aromatic rings. The Morgan fingerprint density at radius 3 is 2.56 bits per heavy atom. The van der Waals surface area contributed by atoms with Crippen molar-refractivity contribution in [1.82, 2.24) is 0 Å². The Balaban J connectivity index is 2.64. The van der Waals surface area contributed by atoms with Crippen molar-refractivity contribution in [3.8, 4) is 0 Å². The van der Waals surface area contributed by atoms with Crippen LogP contribution < -0.4 is 0 Å². The van der Waals surface area contributed by atoms with Gasteiger partial charge in [-0.3, -0.25) is 4.79 Å². The highest BCUT2D eigenvalue weighted by Crippen LogP contribution is 2.07. The Bertz CT molecular complexity index is 402. The second kappa shape index (κ2) is 6.35. The first-order valence-electron chi connectivity index (χ1n) is 4.78. The summed E-state index contributed by atoms with van der Waals surface area (Å²) in [7, 11) is 0. The van der Waals surface area contributed by atoms with Crippen molar-refractivity contribution in [2.45, 2.75) is 6.42 Å². The van der Waals surface area contributed by atoms with Gasteiger partial charge in [0, 0.05) is 6.08 Å². The van der Waals surface area contributed by atoms with E-state index < -0.39 is 5.97 Å². The fraction of sp³-hybridized carbons (Fsp3) is 0.0769. The quantitative estimate of drug-likeness (QED) is 0.249. The molecule has 0 amide bonds. The van der Waals surface area contributed by atoms with Gasteiger partial charge < -0.3 is 4.74 Å². The topological polar surface area (TPSA) is 43.4 Å². The summed E-state index contributed by atoms with van der Waals surface area (Å²) in [6, 6.07) is 7.66. The molecule has 0 unspecified atom stereocenters. The van der Waals surface area contributed by atoms with Gasteiger partial charge in [0.1, 0.15) is 0 Å². The van der Waals surface area contributed by atoms with Crippen molar-refractivity contribution >= 4 is 18.5 Å². The van der Waals surface area contributed by atoms with E-state index in [2.05, 4.69) is 11.3 Å². The standard InChI is InChI=1S/C13H12O3/c1-2-3-11-4-6-12(7-5-11)8-9-13(15)16-10-14/h2,4-10H,1,3H2. The van der Waals surface area contributed by atoms with E-state index >= 15 is 0 Å². The van der Waals surface area contributed by atoms with E-state index in [-0.39, 0.29) is 6.47 Å². The molecule has 82 valence electrons. The lowest BCUT2D eigenvalue weighted by molar-refractivity contribution is -0.147. The van der Waals surface area contributed by atoms with Gasteiger partial charge in [-0.25, -0.2) is 4.79 Å². The van der Waals surface area contributed by atoms with E-state index in [0.717, 1.165) is 17.5 Å². The van der Waals surface area contributed by atoms with E-state index in [1.54, 1.807) is 6.08 Å². The van der Waals surface area contributed by atoms with Gasteiger partial charge in [0.2, 0.25) is 0 Å². The molecule has 0 saturated carbocycles. The van der Waals surface area contributed by atoms with Gasteiger partial charge in [0.05, 0.1) is 0 Å². The molecule has 3 nitrogen and oxygen atoms in total. The van der Waals surface area contributed by atoms with Crippen LogP contribution in [0.1, 0.15) is 11.1 Å². The summed E-state index contributed by atoms with van der Waals surface area (Å²) in [4.78, 5) is 20.7. The van der Waals surface area contributed by atoms with Crippen LogP contribution in [0.15, 0.2) is 43.0 Å². The smallest absolute Gasteiger partial charge is 0.338 e. The Morgan fingerprint density at radius 2 is 2.00 bits per heavy atom. The van der Waals surface area contributed by atoms with Crippen molar-refractivity contribution in [1.29, 1.82) is 0 Å². The van der Waals surface area contributed by atoms with E-state index in [0.29, 0.717) is 0 Å². The molecular weight excluding hydrogens is 204 g/mol. The third-order valence-corrected chi connectivity index (χ3v) is 1.94. The van der Waals surface area contributed by atoms with Crippen LogP contribution in [0.3, 0.4) is 0 Å². The van der Waals surface area contributed by atoms with Crippen LogP contribution in [0.2, 0.25) is 0 Å². The normalized spacial score (nSPS) is 10.0. The van der Waals surface area contributed by atoms with Crippen LogP contribution in [0.5, 0.6) is 0 Å². The van der Waals surface area contributed by atoms with Crippen LogP contribution in [0.25, 0.3) is 6.08 Å². The van der Waals surface area contributed by atoms with E-state index in [1.807, 2.05) is 30.3 Å². The maximum absolute atomic E-state index is 10.8. The summed E-state index contributed by atoms with van der Waals surface area (Å²) in [6.07, 6.45) is 5.43. The highest BCUT2D eigenvalue weighted by molar-refractivity contribution is 5.90. The Morgan fingerprint density at radius 1 is 1.31 bits per heavy atom. The lowest BCUT2D eigenvalue weighted by atomic mass is 10.1. The molecule has 0 radical (unpaired) electrons. The molecule has 0 bridgehead atoms. The zero-order chi connectivity index (χ0) is 11.8. The van der Waals surface area contributed by atoms with Crippen molar-refractivity contribution < 1.29 is 14.3 Å². The fourth-order valence-corrected chi connectivity index (χ4v) is 1.18. The highest BCUT2D eigenvalue weighted by atomic mass is 16.6. The maximum atomic E-state index is 10.8. The molecule has 3 heteroatoms. The monoisotopic (exact) mass is 216 g/mol. The van der Waals surface area contributed by atoms with Gasteiger partial charge in [0.25, 0.3) is 0 Å². The molecule has 1 rings (SSSR count). The number of carbonyl (C=O) groups excluding carboxylic acids is 2. The molecule has 0 heterocycles. The molecule has 0 aliphatic carbocycles. The molecule has 0 fully saturated rings. The molecule has 0 aliphatic rings. The van der Waals surface area contributed by atoms with E-state index in [9.17, 15) is 9.59 Å². The van der Waals surface area contributed by atoms with E-state index in [4.69, 9.17) is 0 Å². The summed E-state index contributed by atoms with van der Waals surface area (Å²) < 4.78 is 4.11. The minimum absolute atomic E-state index is 0.111. The number of hydrogen-bond donors (Lipinski definition) is 0. The second-order valence-electron chi connectivity index (χ2n) is 3.10. The summed E-state index contributed by atoms with van der Waals surface area (Å²) >= 11 is 0. The number of ether oxygens (including phenoxy) is 1. The number of carbonyl (C=O) groups is 2. The molecule has 0 spiro atoms. The van der Waals surface area contributed by atoms with Crippen molar-refractivity contribution in [2.24, 2.45) is 0 Å². The van der Waals surface area contributed by atoms with Crippen LogP contribution in [0, 0.1) is 0 Å². The molecule has 0 N–H and O–H groups in total. The van der Waals surface area contributed by atoms with E-state index in [1.165, 1.54) is 6.08 Å². The van der Waals surface area contributed by atoms with Gasteiger partial charge in [-0.1, -0.05) is 30.3 Å². The molecule has 1 aromatic carbocycles. The van der Waals surface area contributed by atoms with Crippen LogP contribution >= 0.6 is 0 Å². The van der Waals surface area contributed by atoms with Gasteiger partial charge >= 0.3 is 12.4 Å². The lowest BCUT2D eigenvalue weighted by Crippen LogP contribution is -1.96. The van der Waals surface area contributed by atoms with Crippen LogP contribution in [-0.2, 0) is 20.7 Å². The third-order valence-electron chi connectivity index (χ3n) is 1.94.